The molecule has 1 aliphatic rings. The third kappa shape index (κ3) is 7.43. The first-order valence-corrected chi connectivity index (χ1v) is 4.68. The zero-order valence-electron chi connectivity index (χ0n) is 8.66. The molecule has 1 heterocycles. The maximum absolute atomic E-state index is 10.6. The average Bonchev–Trinajstić information content (AvgIpc) is 2.19. The van der Waals surface area contributed by atoms with Crippen LogP contribution >= 0.6 is 0 Å². The number of rotatable bonds is 2. The number of halogens is 3. The number of morpholine rings is 1. The first kappa shape index (κ1) is 15.1. The van der Waals surface area contributed by atoms with Crippen molar-refractivity contribution >= 4 is 5.97 Å². The van der Waals surface area contributed by atoms with Crippen molar-refractivity contribution in [2.45, 2.75) is 6.18 Å². The SMILES string of the molecule is NCCN1CCOCC1.O=C(O)C(F)(F)F. The molecule has 0 radical (unpaired) electrons. The van der Waals surface area contributed by atoms with Gasteiger partial charge in [0.1, 0.15) is 0 Å². The fraction of sp³-hybridized carbons (Fsp3) is 0.875. The Morgan fingerprint density at radius 2 is 1.81 bits per heavy atom. The summed E-state index contributed by atoms with van der Waals surface area (Å²) in [5.41, 5.74) is 5.38. The molecule has 0 bridgehead atoms. The van der Waals surface area contributed by atoms with E-state index in [1.54, 1.807) is 0 Å². The number of nitrogens with zero attached hydrogens (tertiary/aromatic N) is 1. The Morgan fingerprint density at radius 1 is 1.38 bits per heavy atom. The smallest absolute Gasteiger partial charge is 0.475 e. The quantitative estimate of drug-likeness (QED) is 0.710. The summed E-state index contributed by atoms with van der Waals surface area (Å²) in [7, 11) is 0. The summed E-state index contributed by atoms with van der Waals surface area (Å²) in [6.45, 7) is 5.64. The standard InChI is InChI=1S/C6H14N2O.C2HF3O2/c7-1-2-8-3-5-9-6-4-8;3-2(4,5)1(6)7/h1-7H2;(H,6,7). The van der Waals surface area contributed by atoms with Gasteiger partial charge in [0, 0.05) is 26.2 Å². The zero-order valence-corrected chi connectivity index (χ0v) is 8.66. The van der Waals surface area contributed by atoms with Crippen LogP contribution < -0.4 is 5.73 Å². The first-order chi connectivity index (χ1) is 7.38. The number of hydrogen-bond acceptors (Lipinski definition) is 4. The molecule has 1 aliphatic heterocycles. The van der Waals surface area contributed by atoms with Gasteiger partial charge in [-0.25, -0.2) is 4.79 Å². The van der Waals surface area contributed by atoms with E-state index in [1.807, 2.05) is 0 Å². The lowest BCUT2D eigenvalue weighted by molar-refractivity contribution is -0.192. The molecule has 0 saturated carbocycles. The molecular weight excluding hydrogens is 229 g/mol. The van der Waals surface area contributed by atoms with Gasteiger partial charge in [0.15, 0.2) is 0 Å². The predicted molar refractivity (Wildman–Crippen MR) is 50.0 cm³/mol. The lowest BCUT2D eigenvalue weighted by atomic mass is 10.4. The molecule has 0 aliphatic carbocycles. The van der Waals surface area contributed by atoms with Gasteiger partial charge in [-0.15, -0.1) is 0 Å². The van der Waals surface area contributed by atoms with Crippen molar-refractivity contribution in [2.24, 2.45) is 5.73 Å². The third-order valence-corrected chi connectivity index (χ3v) is 1.79. The molecule has 1 rings (SSSR count). The van der Waals surface area contributed by atoms with E-state index < -0.39 is 12.1 Å². The Balaban J connectivity index is 0.000000293. The second kappa shape index (κ2) is 7.42. The molecule has 5 nitrogen and oxygen atoms in total. The van der Waals surface area contributed by atoms with Crippen LogP contribution in [0.4, 0.5) is 13.2 Å². The van der Waals surface area contributed by atoms with Crippen molar-refractivity contribution in [1.82, 2.24) is 4.90 Å². The van der Waals surface area contributed by atoms with Gasteiger partial charge >= 0.3 is 12.1 Å². The highest BCUT2D eigenvalue weighted by Crippen LogP contribution is 2.13. The van der Waals surface area contributed by atoms with E-state index in [9.17, 15) is 13.2 Å². The van der Waals surface area contributed by atoms with Gasteiger partial charge in [-0.3, -0.25) is 4.90 Å². The summed E-state index contributed by atoms with van der Waals surface area (Å²) in [4.78, 5) is 11.2. The molecule has 16 heavy (non-hydrogen) atoms. The van der Waals surface area contributed by atoms with Crippen LogP contribution in [0.3, 0.4) is 0 Å². The molecule has 0 amide bonds. The molecule has 0 spiro atoms. The van der Waals surface area contributed by atoms with Crippen LogP contribution in [0.5, 0.6) is 0 Å². The van der Waals surface area contributed by atoms with Gasteiger partial charge < -0.3 is 15.6 Å². The Labute approximate surface area is 91.0 Å². The Bertz CT molecular complexity index is 202. The minimum Gasteiger partial charge on any atom is -0.475 e. The van der Waals surface area contributed by atoms with Gasteiger partial charge in [-0.2, -0.15) is 13.2 Å². The molecule has 0 unspecified atom stereocenters. The summed E-state index contributed by atoms with van der Waals surface area (Å²) in [6, 6.07) is 0. The number of hydrogen-bond donors (Lipinski definition) is 2. The Hall–Kier alpha value is -0.860. The van der Waals surface area contributed by atoms with E-state index in [0.717, 1.165) is 39.4 Å². The van der Waals surface area contributed by atoms with Crippen LogP contribution in [0.15, 0.2) is 0 Å². The number of carbonyl (C=O) groups is 1. The van der Waals surface area contributed by atoms with Crippen molar-refractivity contribution < 1.29 is 27.8 Å². The second-order valence-corrected chi connectivity index (χ2v) is 3.05. The molecule has 0 aromatic heterocycles. The van der Waals surface area contributed by atoms with E-state index in [2.05, 4.69) is 4.90 Å². The Kier molecular flexibility index (Phi) is 7.02. The number of alkyl halides is 3. The number of nitrogens with two attached hydrogens (primary N) is 1. The highest BCUT2D eigenvalue weighted by molar-refractivity contribution is 5.73. The monoisotopic (exact) mass is 244 g/mol. The van der Waals surface area contributed by atoms with Gasteiger partial charge in [-0.05, 0) is 0 Å². The molecule has 96 valence electrons. The summed E-state index contributed by atoms with van der Waals surface area (Å²) in [5.74, 6) is -2.76. The molecule has 3 N–H and O–H groups in total. The van der Waals surface area contributed by atoms with Gasteiger partial charge in [0.2, 0.25) is 0 Å². The van der Waals surface area contributed by atoms with Gasteiger partial charge in [0.25, 0.3) is 0 Å². The van der Waals surface area contributed by atoms with Crippen LogP contribution in [0.1, 0.15) is 0 Å². The summed E-state index contributed by atoms with van der Waals surface area (Å²) in [5, 5.41) is 7.12. The average molecular weight is 244 g/mol. The van der Waals surface area contributed by atoms with Crippen LogP contribution in [-0.2, 0) is 9.53 Å². The minimum absolute atomic E-state index is 0.764. The fourth-order valence-electron chi connectivity index (χ4n) is 1.01. The maximum atomic E-state index is 10.6. The largest absolute Gasteiger partial charge is 0.490 e. The summed E-state index contributed by atoms with van der Waals surface area (Å²) < 4.78 is 36.9. The number of aliphatic carboxylic acids is 1. The van der Waals surface area contributed by atoms with Crippen molar-refractivity contribution in [3.05, 3.63) is 0 Å². The highest BCUT2D eigenvalue weighted by atomic mass is 19.4. The second-order valence-electron chi connectivity index (χ2n) is 3.05. The lowest BCUT2D eigenvalue weighted by Gasteiger charge is -2.25. The topological polar surface area (TPSA) is 75.8 Å². The summed E-state index contributed by atoms with van der Waals surface area (Å²) >= 11 is 0. The summed E-state index contributed by atoms with van der Waals surface area (Å²) in [6.07, 6.45) is -5.08. The molecule has 1 fully saturated rings. The zero-order chi connectivity index (χ0) is 12.6. The first-order valence-electron chi connectivity index (χ1n) is 4.68. The van der Waals surface area contributed by atoms with Crippen molar-refractivity contribution in [3.63, 3.8) is 0 Å². The van der Waals surface area contributed by atoms with Gasteiger partial charge in [0.05, 0.1) is 13.2 Å². The Morgan fingerprint density at radius 3 is 2.12 bits per heavy atom. The van der Waals surface area contributed by atoms with Crippen molar-refractivity contribution in [3.8, 4) is 0 Å². The number of carboxylic acids is 1. The molecule has 8 heteroatoms. The van der Waals surface area contributed by atoms with Crippen LogP contribution in [0.2, 0.25) is 0 Å². The van der Waals surface area contributed by atoms with E-state index >= 15 is 0 Å². The van der Waals surface area contributed by atoms with Crippen LogP contribution in [-0.4, -0.2) is 61.5 Å². The molecule has 1 saturated heterocycles. The van der Waals surface area contributed by atoms with Crippen LogP contribution in [0, 0.1) is 0 Å². The van der Waals surface area contributed by atoms with E-state index in [-0.39, 0.29) is 0 Å². The number of ether oxygens (including phenoxy) is 1. The third-order valence-electron chi connectivity index (χ3n) is 1.79. The fourth-order valence-corrected chi connectivity index (χ4v) is 1.01. The van der Waals surface area contributed by atoms with Crippen molar-refractivity contribution in [2.75, 3.05) is 39.4 Å². The predicted octanol–water partition coefficient (Wildman–Crippen LogP) is -0.0894. The maximum Gasteiger partial charge on any atom is 0.490 e. The van der Waals surface area contributed by atoms with Crippen LogP contribution in [0.25, 0.3) is 0 Å². The highest BCUT2D eigenvalue weighted by Gasteiger charge is 2.38. The van der Waals surface area contributed by atoms with E-state index in [4.69, 9.17) is 20.4 Å². The molecule has 0 aromatic rings. The molecule has 0 atom stereocenters. The normalized spacial score (nSPS) is 17.5. The van der Waals surface area contributed by atoms with Gasteiger partial charge in [-0.1, -0.05) is 0 Å². The number of carboxylic acid groups (broad SMARTS) is 1. The minimum atomic E-state index is -5.08. The van der Waals surface area contributed by atoms with E-state index in [1.165, 1.54) is 0 Å². The lowest BCUT2D eigenvalue weighted by Crippen LogP contribution is -2.39. The molecular formula is C8H15F3N2O3. The van der Waals surface area contributed by atoms with E-state index in [0.29, 0.717) is 0 Å². The van der Waals surface area contributed by atoms with Crippen molar-refractivity contribution in [1.29, 1.82) is 0 Å². The molecule has 0 aromatic carbocycles.